The van der Waals surface area contributed by atoms with Gasteiger partial charge in [0.2, 0.25) is 5.91 Å². The fourth-order valence-electron chi connectivity index (χ4n) is 1.45. The Balaban J connectivity index is 1.79. The van der Waals surface area contributed by atoms with Crippen LogP contribution in [-0.4, -0.2) is 39.2 Å². The third-order valence-electron chi connectivity index (χ3n) is 2.30. The van der Waals surface area contributed by atoms with Crippen molar-refractivity contribution in [1.82, 2.24) is 15.0 Å². The number of hydrogen-bond donors (Lipinski definition) is 1. The summed E-state index contributed by atoms with van der Waals surface area (Å²) in [7, 11) is 0. The molecule has 7 nitrogen and oxygen atoms in total. The number of nitrogens with one attached hydrogen (secondary N) is 1. The van der Waals surface area contributed by atoms with Crippen molar-refractivity contribution >= 4 is 40.1 Å². The molecular weight excluding hydrogens is 324 g/mol. The molecule has 2 aromatic heterocycles. The minimum absolute atomic E-state index is 0.104. The lowest BCUT2D eigenvalue weighted by molar-refractivity contribution is -0.142. The Morgan fingerprint density at radius 3 is 2.86 bits per heavy atom. The molecule has 9 heteroatoms. The van der Waals surface area contributed by atoms with Gasteiger partial charge in [-0.05, 0) is 13.0 Å². The predicted octanol–water partition coefficient (Wildman–Crippen LogP) is 1.77. The monoisotopic (exact) mass is 338 g/mol. The van der Waals surface area contributed by atoms with Gasteiger partial charge in [0.15, 0.2) is 10.3 Å². The normalized spacial score (nSPS) is 10.2. The van der Waals surface area contributed by atoms with Crippen LogP contribution in [0.2, 0.25) is 0 Å². The highest BCUT2D eigenvalue weighted by Crippen LogP contribution is 2.17. The van der Waals surface area contributed by atoms with Gasteiger partial charge in [-0.3, -0.25) is 9.59 Å². The average Bonchev–Trinajstić information content (AvgIpc) is 2.93. The molecule has 0 aliphatic heterocycles. The Labute approximate surface area is 135 Å². The third-order valence-corrected chi connectivity index (χ3v) is 3.99. The molecule has 0 bridgehead atoms. The summed E-state index contributed by atoms with van der Waals surface area (Å²) in [6.07, 6.45) is 3.35. The highest BCUT2D eigenvalue weighted by atomic mass is 32.2. The predicted molar refractivity (Wildman–Crippen MR) is 83.8 cm³/mol. The van der Waals surface area contributed by atoms with Crippen molar-refractivity contribution in [2.24, 2.45) is 0 Å². The molecule has 2 rings (SSSR count). The SMILES string of the molecule is CCOC(=O)Cc1csc(NC(=O)CSc2ncccn2)n1. The van der Waals surface area contributed by atoms with Gasteiger partial charge in [0, 0.05) is 17.8 Å². The Bertz CT molecular complexity index is 633. The van der Waals surface area contributed by atoms with Gasteiger partial charge in [0.05, 0.1) is 24.5 Å². The molecule has 0 fully saturated rings. The fourth-order valence-corrected chi connectivity index (χ4v) is 2.78. The Kier molecular flexibility index (Phi) is 6.28. The van der Waals surface area contributed by atoms with E-state index in [1.54, 1.807) is 30.8 Å². The molecule has 0 unspecified atom stereocenters. The van der Waals surface area contributed by atoms with Gasteiger partial charge in [0.25, 0.3) is 0 Å². The number of esters is 1. The molecule has 1 N–H and O–H groups in total. The molecule has 0 spiro atoms. The molecular formula is C13H14N4O3S2. The first-order valence-corrected chi connectivity index (χ1v) is 8.33. The lowest BCUT2D eigenvalue weighted by Crippen LogP contribution is -2.14. The van der Waals surface area contributed by atoms with Crippen LogP contribution in [0.15, 0.2) is 29.0 Å². The number of ether oxygens (including phenoxy) is 1. The lowest BCUT2D eigenvalue weighted by Gasteiger charge is -2.01. The van der Waals surface area contributed by atoms with Gasteiger partial charge in [-0.25, -0.2) is 15.0 Å². The highest BCUT2D eigenvalue weighted by molar-refractivity contribution is 7.99. The van der Waals surface area contributed by atoms with Crippen molar-refractivity contribution in [2.45, 2.75) is 18.5 Å². The first kappa shape index (κ1) is 16.4. The summed E-state index contributed by atoms with van der Waals surface area (Å²) in [6, 6.07) is 1.71. The first-order valence-electron chi connectivity index (χ1n) is 6.47. The number of nitrogens with zero attached hydrogens (tertiary/aromatic N) is 3. The summed E-state index contributed by atoms with van der Waals surface area (Å²) >= 11 is 2.51. The van der Waals surface area contributed by atoms with Gasteiger partial charge in [-0.2, -0.15) is 0 Å². The van der Waals surface area contributed by atoms with Gasteiger partial charge >= 0.3 is 5.97 Å². The second-order valence-electron chi connectivity index (χ2n) is 3.99. The molecule has 2 heterocycles. The van der Waals surface area contributed by atoms with Gasteiger partial charge in [-0.1, -0.05) is 11.8 Å². The minimum atomic E-state index is -0.331. The summed E-state index contributed by atoms with van der Waals surface area (Å²) in [5, 5.41) is 5.40. The van der Waals surface area contributed by atoms with Crippen LogP contribution >= 0.6 is 23.1 Å². The zero-order chi connectivity index (χ0) is 15.8. The van der Waals surface area contributed by atoms with E-state index in [2.05, 4.69) is 20.3 Å². The zero-order valence-electron chi connectivity index (χ0n) is 11.8. The van der Waals surface area contributed by atoms with E-state index >= 15 is 0 Å². The van der Waals surface area contributed by atoms with Gasteiger partial charge in [-0.15, -0.1) is 11.3 Å². The van der Waals surface area contributed by atoms with Crippen LogP contribution < -0.4 is 5.32 Å². The molecule has 0 radical (unpaired) electrons. The minimum Gasteiger partial charge on any atom is -0.466 e. The molecule has 0 aliphatic carbocycles. The molecule has 0 saturated carbocycles. The van der Waals surface area contributed by atoms with E-state index in [1.165, 1.54) is 23.1 Å². The van der Waals surface area contributed by atoms with Crippen LogP contribution in [-0.2, 0) is 20.7 Å². The fraction of sp³-hybridized carbons (Fsp3) is 0.308. The van der Waals surface area contributed by atoms with Crippen LogP contribution in [0.1, 0.15) is 12.6 Å². The largest absolute Gasteiger partial charge is 0.466 e. The van der Waals surface area contributed by atoms with Gasteiger partial charge in [0.1, 0.15) is 0 Å². The Morgan fingerprint density at radius 1 is 1.36 bits per heavy atom. The number of thioether (sulfide) groups is 1. The average molecular weight is 338 g/mol. The summed E-state index contributed by atoms with van der Waals surface area (Å²) in [5.74, 6) is -0.339. The van der Waals surface area contributed by atoms with E-state index in [0.717, 1.165) is 0 Å². The van der Waals surface area contributed by atoms with Crippen molar-refractivity contribution < 1.29 is 14.3 Å². The first-order chi connectivity index (χ1) is 10.7. The highest BCUT2D eigenvalue weighted by Gasteiger charge is 2.11. The maximum Gasteiger partial charge on any atom is 0.311 e. The molecule has 22 heavy (non-hydrogen) atoms. The van der Waals surface area contributed by atoms with Crippen molar-refractivity contribution in [3.05, 3.63) is 29.5 Å². The summed E-state index contributed by atoms with van der Waals surface area (Å²) in [5.41, 5.74) is 0.581. The second-order valence-corrected chi connectivity index (χ2v) is 5.79. The third kappa shape index (κ3) is 5.41. The standard InChI is InChI=1S/C13H14N4O3S2/c1-2-20-11(19)6-9-7-21-13(16-9)17-10(18)8-22-12-14-4-3-5-15-12/h3-5,7H,2,6,8H2,1H3,(H,16,17,18). The molecule has 0 aliphatic rings. The summed E-state index contributed by atoms with van der Waals surface area (Å²) in [6.45, 7) is 2.09. The van der Waals surface area contributed by atoms with E-state index in [9.17, 15) is 9.59 Å². The van der Waals surface area contributed by atoms with Gasteiger partial charge < -0.3 is 10.1 Å². The quantitative estimate of drug-likeness (QED) is 0.467. The number of anilines is 1. The maximum absolute atomic E-state index is 11.8. The molecule has 0 aromatic carbocycles. The maximum atomic E-state index is 11.8. The lowest BCUT2D eigenvalue weighted by atomic mass is 10.3. The summed E-state index contributed by atoms with van der Waals surface area (Å²) in [4.78, 5) is 35.4. The van der Waals surface area contributed by atoms with Crippen LogP contribution in [0.4, 0.5) is 5.13 Å². The van der Waals surface area contributed by atoms with Crippen LogP contribution in [0.3, 0.4) is 0 Å². The van der Waals surface area contributed by atoms with E-state index in [4.69, 9.17) is 4.74 Å². The van der Waals surface area contributed by atoms with Crippen LogP contribution in [0.25, 0.3) is 0 Å². The molecule has 116 valence electrons. The van der Waals surface area contributed by atoms with E-state index in [0.29, 0.717) is 22.6 Å². The smallest absolute Gasteiger partial charge is 0.311 e. The number of hydrogen-bond acceptors (Lipinski definition) is 8. The molecule has 0 atom stereocenters. The van der Waals surface area contributed by atoms with Crippen molar-refractivity contribution in [3.63, 3.8) is 0 Å². The van der Waals surface area contributed by atoms with E-state index in [-0.39, 0.29) is 24.1 Å². The van der Waals surface area contributed by atoms with E-state index in [1.807, 2.05) is 0 Å². The van der Waals surface area contributed by atoms with Crippen LogP contribution in [0, 0.1) is 0 Å². The number of amides is 1. The number of carbonyl (C=O) groups excluding carboxylic acids is 2. The van der Waals surface area contributed by atoms with Crippen molar-refractivity contribution in [2.75, 3.05) is 17.7 Å². The Morgan fingerprint density at radius 2 is 2.14 bits per heavy atom. The van der Waals surface area contributed by atoms with Crippen molar-refractivity contribution in [1.29, 1.82) is 0 Å². The number of aromatic nitrogens is 3. The number of thiazole rings is 1. The van der Waals surface area contributed by atoms with Crippen LogP contribution in [0.5, 0.6) is 0 Å². The van der Waals surface area contributed by atoms with Crippen molar-refractivity contribution in [3.8, 4) is 0 Å². The topological polar surface area (TPSA) is 94.1 Å². The number of carbonyl (C=O) groups is 2. The summed E-state index contributed by atoms with van der Waals surface area (Å²) < 4.78 is 4.84. The zero-order valence-corrected chi connectivity index (χ0v) is 13.4. The Hall–Kier alpha value is -2.00. The van der Waals surface area contributed by atoms with E-state index < -0.39 is 0 Å². The molecule has 0 saturated heterocycles. The molecule has 1 amide bonds. The second kappa shape index (κ2) is 8.44. The molecule has 2 aromatic rings. The number of rotatable bonds is 7.